The van der Waals surface area contributed by atoms with Gasteiger partial charge >= 0.3 is 5.97 Å². The van der Waals surface area contributed by atoms with Crippen molar-refractivity contribution < 1.29 is 33.7 Å². The van der Waals surface area contributed by atoms with E-state index in [4.69, 9.17) is 14.2 Å². The molecular formula is C28H32N2O7. The van der Waals surface area contributed by atoms with Gasteiger partial charge in [-0.25, -0.2) is 0 Å². The van der Waals surface area contributed by atoms with Crippen LogP contribution in [0.25, 0.3) is 0 Å². The van der Waals surface area contributed by atoms with Gasteiger partial charge < -0.3 is 29.5 Å². The minimum absolute atomic E-state index is 0.174. The van der Waals surface area contributed by atoms with Crippen molar-refractivity contribution >= 4 is 23.5 Å². The fourth-order valence-corrected chi connectivity index (χ4v) is 6.50. The van der Waals surface area contributed by atoms with Crippen LogP contribution in [0.1, 0.15) is 38.3 Å². The summed E-state index contributed by atoms with van der Waals surface area (Å²) in [5, 5.41) is 13.4. The first-order chi connectivity index (χ1) is 17.8. The summed E-state index contributed by atoms with van der Waals surface area (Å²) in [7, 11) is 1.56. The lowest BCUT2D eigenvalue weighted by Crippen LogP contribution is -2.54. The summed E-state index contributed by atoms with van der Waals surface area (Å²) in [5.41, 5.74) is -0.926. The summed E-state index contributed by atoms with van der Waals surface area (Å²) < 4.78 is 17.1. The lowest BCUT2D eigenvalue weighted by atomic mass is 9.66. The zero-order valence-corrected chi connectivity index (χ0v) is 21.2. The van der Waals surface area contributed by atoms with Crippen LogP contribution >= 0.6 is 0 Å². The lowest BCUT2D eigenvalue weighted by molar-refractivity contribution is -0.160. The number of anilines is 1. The number of nitrogens with one attached hydrogen (secondary N) is 1. The van der Waals surface area contributed by atoms with Crippen molar-refractivity contribution in [3.05, 3.63) is 60.2 Å². The second kappa shape index (κ2) is 9.46. The monoisotopic (exact) mass is 508 g/mol. The van der Waals surface area contributed by atoms with Crippen LogP contribution in [-0.4, -0.2) is 65.4 Å². The minimum Gasteiger partial charge on any atom is -0.497 e. The molecule has 0 aromatic heterocycles. The molecule has 2 bridgehead atoms. The van der Waals surface area contributed by atoms with Gasteiger partial charge in [0.2, 0.25) is 11.8 Å². The van der Waals surface area contributed by atoms with Gasteiger partial charge in [0.15, 0.2) is 0 Å². The van der Waals surface area contributed by atoms with Crippen LogP contribution in [0, 0.1) is 11.8 Å². The van der Waals surface area contributed by atoms with Gasteiger partial charge in [-0.05, 0) is 56.5 Å². The van der Waals surface area contributed by atoms with Crippen molar-refractivity contribution in [3.8, 4) is 5.75 Å². The second-order valence-electron chi connectivity index (χ2n) is 10.1. The minimum atomic E-state index is -1.22. The Labute approximate surface area is 215 Å². The highest BCUT2D eigenvalue weighted by molar-refractivity contribution is 6.03. The van der Waals surface area contributed by atoms with Crippen molar-refractivity contribution in [3.63, 3.8) is 0 Å². The van der Waals surface area contributed by atoms with E-state index >= 15 is 0 Å². The molecule has 3 aliphatic heterocycles. The number of methoxy groups -OCH3 is 1. The number of carbonyl (C=O) groups is 3. The molecule has 37 heavy (non-hydrogen) atoms. The number of hydrogen-bond acceptors (Lipinski definition) is 7. The molecule has 0 saturated carbocycles. The number of amides is 2. The molecule has 2 unspecified atom stereocenters. The third kappa shape index (κ3) is 3.88. The number of ether oxygens (including phenoxy) is 3. The molecule has 2 aromatic rings. The van der Waals surface area contributed by atoms with Crippen LogP contribution in [0.3, 0.4) is 0 Å². The topological polar surface area (TPSA) is 114 Å². The molecule has 3 heterocycles. The Hall–Kier alpha value is -3.43. The third-order valence-corrected chi connectivity index (χ3v) is 8.05. The van der Waals surface area contributed by atoms with Crippen LogP contribution in [-0.2, 0) is 23.9 Å². The van der Waals surface area contributed by atoms with Gasteiger partial charge in [-0.2, -0.15) is 0 Å². The summed E-state index contributed by atoms with van der Waals surface area (Å²) in [6.07, 6.45) is 0.940. The Morgan fingerprint density at radius 3 is 2.49 bits per heavy atom. The maximum absolute atomic E-state index is 14.2. The fraction of sp³-hybridized carbons (Fsp3) is 0.464. The summed E-state index contributed by atoms with van der Waals surface area (Å²) in [5.74, 6) is -2.42. The standard InChI is InChI=1S/C28H32N2O7/c1-4-36-26(34)22-21-25(33)30(20(16-31)17-8-6-5-7-9-17)23(28(21)15-14-27(22,2)37-28)24(32)29-18-10-12-19(35-3)13-11-18/h5-13,20-23,31H,4,14-16H2,1-3H3,(H,29,32)/t20-,21+,22+,23?,27-,28?/m1/s1. The lowest BCUT2D eigenvalue weighted by Gasteiger charge is -2.37. The van der Waals surface area contributed by atoms with Gasteiger partial charge in [0.1, 0.15) is 23.3 Å². The molecule has 3 aliphatic rings. The quantitative estimate of drug-likeness (QED) is 0.527. The number of carbonyl (C=O) groups excluding carboxylic acids is 3. The van der Waals surface area contributed by atoms with E-state index in [2.05, 4.69) is 5.32 Å². The molecule has 9 nitrogen and oxygen atoms in total. The van der Waals surface area contributed by atoms with Crippen LogP contribution in [0.4, 0.5) is 5.69 Å². The Balaban J connectivity index is 1.59. The van der Waals surface area contributed by atoms with Crippen LogP contribution in [0.2, 0.25) is 0 Å². The molecular weight excluding hydrogens is 476 g/mol. The number of aliphatic hydroxyl groups is 1. The van der Waals surface area contributed by atoms with Crippen LogP contribution < -0.4 is 10.1 Å². The van der Waals surface area contributed by atoms with E-state index in [0.717, 1.165) is 0 Å². The van der Waals surface area contributed by atoms with E-state index in [-0.39, 0.29) is 12.5 Å². The highest BCUT2D eigenvalue weighted by atomic mass is 16.6. The molecule has 0 radical (unpaired) electrons. The molecule has 196 valence electrons. The Kier molecular flexibility index (Phi) is 6.45. The summed E-state index contributed by atoms with van der Waals surface area (Å²) >= 11 is 0. The van der Waals surface area contributed by atoms with E-state index in [1.165, 1.54) is 4.90 Å². The smallest absolute Gasteiger partial charge is 0.312 e. The fourth-order valence-electron chi connectivity index (χ4n) is 6.50. The Morgan fingerprint density at radius 2 is 1.86 bits per heavy atom. The molecule has 6 atom stereocenters. The number of likely N-dealkylation sites (tertiary alicyclic amines) is 1. The van der Waals surface area contributed by atoms with Crippen LogP contribution in [0.5, 0.6) is 5.75 Å². The number of benzene rings is 2. The van der Waals surface area contributed by atoms with E-state index < -0.39 is 53.6 Å². The van der Waals surface area contributed by atoms with E-state index in [9.17, 15) is 19.5 Å². The molecule has 1 spiro atoms. The average Bonchev–Trinajstić information content (AvgIpc) is 3.47. The van der Waals surface area contributed by atoms with Crippen molar-refractivity contribution in [1.82, 2.24) is 4.90 Å². The zero-order valence-electron chi connectivity index (χ0n) is 21.2. The molecule has 2 aromatic carbocycles. The second-order valence-corrected chi connectivity index (χ2v) is 10.1. The van der Waals surface area contributed by atoms with Gasteiger partial charge in [0, 0.05) is 5.69 Å². The van der Waals surface area contributed by atoms with E-state index in [1.807, 2.05) is 25.1 Å². The molecule has 3 saturated heterocycles. The number of aliphatic hydroxyl groups excluding tert-OH is 1. The van der Waals surface area contributed by atoms with Crippen molar-refractivity contribution in [2.45, 2.75) is 50.0 Å². The summed E-state index contributed by atoms with van der Waals surface area (Å²) in [6.45, 7) is 3.31. The van der Waals surface area contributed by atoms with Crippen LogP contribution in [0.15, 0.2) is 54.6 Å². The molecule has 2 N–H and O–H groups in total. The number of rotatable bonds is 8. The Bertz CT molecular complexity index is 1190. The van der Waals surface area contributed by atoms with E-state index in [0.29, 0.717) is 29.8 Å². The molecule has 2 amide bonds. The average molecular weight is 509 g/mol. The van der Waals surface area contributed by atoms with Crippen molar-refractivity contribution in [2.75, 3.05) is 25.6 Å². The first-order valence-electron chi connectivity index (χ1n) is 12.6. The largest absolute Gasteiger partial charge is 0.497 e. The summed E-state index contributed by atoms with van der Waals surface area (Å²) in [6, 6.07) is 14.1. The molecule has 0 aliphatic carbocycles. The maximum atomic E-state index is 14.2. The first kappa shape index (κ1) is 25.2. The van der Waals surface area contributed by atoms with Gasteiger partial charge in [-0.3, -0.25) is 14.4 Å². The first-order valence-corrected chi connectivity index (χ1v) is 12.6. The normalized spacial score (nSPS) is 30.6. The highest BCUT2D eigenvalue weighted by Crippen LogP contribution is 2.64. The Morgan fingerprint density at radius 1 is 1.16 bits per heavy atom. The number of fused-ring (bicyclic) bond motifs is 1. The number of hydrogen-bond donors (Lipinski definition) is 2. The molecule has 3 fully saturated rings. The summed E-state index contributed by atoms with van der Waals surface area (Å²) in [4.78, 5) is 42.7. The molecule has 5 rings (SSSR count). The number of esters is 1. The van der Waals surface area contributed by atoms with E-state index in [1.54, 1.807) is 50.4 Å². The highest BCUT2D eigenvalue weighted by Gasteiger charge is 2.78. The molecule has 9 heteroatoms. The van der Waals surface area contributed by atoms with Crippen molar-refractivity contribution in [2.24, 2.45) is 11.8 Å². The third-order valence-electron chi connectivity index (χ3n) is 8.05. The predicted molar refractivity (Wildman–Crippen MR) is 134 cm³/mol. The van der Waals surface area contributed by atoms with Gasteiger partial charge in [-0.1, -0.05) is 30.3 Å². The van der Waals surface area contributed by atoms with Gasteiger partial charge in [0.05, 0.1) is 37.9 Å². The van der Waals surface area contributed by atoms with Gasteiger partial charge in [-0.15, -0.1) is 0 Å². The number of nitrogens with zero attached hydrogens (tertiary/aromatic N) is 1. The van der Waals surface area contributed by atoms with Crippen molar-refractivity contribution in [1.29, 1.82) is 0 Å². The van der Waals surface area contributed by atoms with Gasteiger partial charge in [0.25, 0.3) is 0 Å². The maximum Gasteiger partial charge on any atom is 0.312 e. The zero-order chi connectivity index (χ0) is 26.4. The predicted octanol–water partition coefficient (Wildman–Crippen LogP) is 2.70. The SMILES string of the molecule is CCOC(=O)[C@@H]1[C@H]2C(=O)N([C@H](CO)c3ccccc3)C(C(=O)Nc3ccc(OC)cc3)C23CC[C@@]1(C)O3.